The number of nitrogens with zero attached hydrogens (tertiary/aromatic N) is 3. The van der Waals surface area contributed by atoms with Crippen LogP contribution in [0.15, 0.2) is 36.5 Å². The zero-order chi connectivity index (χ0) is 12.1. The van der Waals surface area contributed by atoms with Gasteiger partial charge in [0.05, 0.1) is 18.8 Å². The summed E-state index contributed by atoms with van der Waals surface area (Å²) in [6, 6.07) is 9.33. The predicted molar refractivity (Wildman–Crippen MR) is 64.7 cm³/mol. The average Bonchev–Trinajstić information content (AvgIpc) is 2.37. The molecule has 0 fully saturated rings. The van der Waals surface area contributed by atoms with Crippen molar-refractivity contribution in [2.45, 2.75) is 6.04 Å². The second-order valence-corrected chi connectivity index (χ2v) is 3.74. The summed E-state index contributed by atoms with van der Waals surface area (Å²) in [4.78, 5) is 3.96. The molecule has 0 aliphatic heterocycles. The summed E-state index contributed by atoms with van der Waals surface area (Å²) in [5.74, 6) is 0.480. The fourth-order valence-corrected chi connectivity index (χ4v) is 1.58. The van der Waals surface area contributed by atoms with Crippen molar-refractivity contribution in [2.24, 2.45) is 0 Å². The molecule has 1 unspecified atom stereocenters. The molecule has 2 N–H and O–H groups in total. The van der Waals surface area contributed by atoms with Crippen LogP contribution in [0.4, 0.5) is 5.82 Å². The number of aliphatic hydroxyl groups excluding tert-OH is 1. The van der Waals surface area contributed by atoms with Crippen molar-refractivity contribution < 1.29 is 5.11 Å². The Labute approximate surface area is 103 Å². The first-order valence-electron chi connectivity index (χ1n) is 5.07. The molecule has 1 atom stereocenters. The van der Waals surface area contributed by atoms with Crippen LogP contribution in [-0.4, -0.2) is 26.9 Å². The van der Waals surface area contributed by atoms with E-state index in [0.717, 1.165) is 5.56 Å². The van der Waals surface area contributed by atoms with Gasteiger partial charge in [-0.05, 0) is 17.2 Å². The number of benzene rings is 1. The molecule has 0 aliphatic carbocycles. The number of hydrogen-bond donors (Lipinski definition) is 2. The van der Waals surface area contributed by atoms with Crippen LogP contribution in [0.2, 0.25) is 5.28 Å². The standard InChI is InChI=1S/C11H11ClN4O/c12-11-15-10(6-13-16-11)14-9(7-17)8-4-2-1-3-5-8/h1-6,9,17H,7H2,(H,14,15,16). The second kappa shape index (κ2) is 5.56. The summed E-state index contributed by atoms with van der Waals surface area (Å²) < 4.78 is 0. The number of rotatable bonds is 4. The summed E-state index contributed by atoms with van der Waals surface area (Å²) in [5, 5.41) is 19.7. The summed E-state index contributed by atoms with van der Waals surface area (Å²) in [6.07, 6.45) is 1.46. The zero-order valence-corrected chi connectivity index (χ0v) is 9.67. The van der Waals surface area contributed by atoms with Crippen LogP contribution in [0, 0.1) is 0 Å². The van der Waals surface area contributed by atoms with Gasteiger partial charge in [-0.15, -0.1) is 5.10 Å². The van der Waals surface area contributed by atoms with E-state index in [9.17, 15) is 5.11 Å². The normalized spacial score (nSPS) is 12.1. The largest absolute Gasteiger partial charge is 0.394 e. The quantitative estimate of drug-likeness (QED) is 0.864. The van der Waals surface area contributed by atoms with Crippen LogP contribution in [0.5, 0.6) is 0 Å². The van der Waals surface area contributed by atoms with E-state index in [-0.39, 0.29) is 17.9 Å². The highest BCUT2D eigenvalue weighted by molar-refractivity contribution is 6.28. The molecule has 0 radical (unpaired) electrons. The fourth-order valence-electron chi connectivity index (χ4n) is 1.45. The molecule has 0 spiro atoms. The van der Waals surface area contributed by atoms with Gasteiger partial charge in [-0.1, -0.05) is 30.3 Å². The van der Waals surface area contributed by atoms with Crippen LogP contribution in [0.25, 0.3) is 0 Å². The Hall–Kier alpha value is -1.72. The Balaban J connectivity index is 2.16. The average molecular weight is 251 g/mol. The van der Waals surface area contributed by atoms with Crippen LogP contribution in [-0.2, 0) is 0 Å². The first kappa shape index (κ1) is 11.8. The van der Waals surface area contributed by atoms with E-state index >= 15 is 0 Å². The number of aromatic nitrogens is 3. The highest BCUT2D eigenvalue weighted by Crippen LogP contribution is 2.17. The zero-order valence-electron chi connectivity index (χ0n) is 8.92. The van der Waals surface area contributed by atoms with E-state index < -0.39 is 0 Å². The highest BCUT2D eigenvalue weighted by atomic mass is 35.5. The van der Waals surface area contributed by atoms with Crippen LogP contribution >= 0.6 is 11.6 Å². The first-order chi connectivity index (χ1) is 8.29. The molecule has 0 amide bonds. The lowest BCUT2D eigenvalue weighted by Gasteiger charge is -2.16. The van der Waals surface area contributed by atoms with Crippen molar-refractivity contribution in [3.8, 4) is 0 Å². The van der Waals surface area contributed by atoms with Crippen molar-refractivity contribution in [2.75, 3.05) is 11.9 Å². The lowest BCUT2D eigenvalue weighted by atomic mass is 10.1. The van der Waals surface area contributed by atoms with Gasteiger partial charge in [0.15, 0.2) is 0 Å². The van der Waals surface area contributed by atoms with Crippen molar-refractivity contribution in [1.29, 1.82) is 0 Å². The molecule has 1 aromatic heterocycles. The van der Waals surface area contributed by atoms with Gasteiger partial charge in [0.1, 0.15) is 5.82 Å². The maximum atomic E-state index is 9.35. The summed E-state index contributed by atoms with van der Waals surface area (Å²) in [6.45, 7) is -0.0500. The van der Waals surface area contributed by atoms with Gasteiger partial charge in [0, 0.05) is 0 Å². The smallest absolute Gasteiger partial charge is 0.244 e. The Morgan fingerprint density at radius 2 is 2.06 bits per heavy atom. The van der Waals surface area contributed by atoms with E-state index in [2.05, 4.69) is 20.5 Å². The minimum Gasteiger partial charge on any atom is -0.394 e. The van der Waals surface area contributed by atoms with E-state index in [1.165, 1.54) is 6.20 Å². The first-order valence-corrected chi connectivity index (χ1v) is 5.45. The van der Waals surface area contributed by atoms with E-state index in [4.69, 9.17) is 11.6 Å². The highest BCUT2D eigenvalue weighted by Gasteiger charge is 2.10. The molecule has 88 valence electrons. The van der Waals surface area contributed by atoms with Crippen molar-refractivity contribution >= 4 is 17.4 Å². The van der Waals surface area contributed by atoms with Crippen molar-refractivity contribution in [1.82, 2.24) is 15.2 Å². The number of nitrogens with one attached hydrogen (secondary N) is 1. The number of halogens is 1. The van der Waals surface area contributed by atoms with Crippen LogP contribution < -0.4 is 5.32 Å². The van der Waals surface area contributed by atoms with E-state index in [1.807, 2.05) is 30.3 Å². The molecule has 5 nitrogen and oxygen atoms in total. The molecular weight excluding hydrogens is 240 g/mol. The molecule has 2 aromatic rings. The summed E-state index contributed by atoms with van der Waals surface area (Å²) in [5.41, 5.74) is 0.963. The topological polar surface area (TPSA) is 70.9 Å². The minimum atomic E-state index is -0.246. The number of anilines is 1. The van der Waals surface area contributed by atoms with E-state index in [0.29, 0.717) is 5.82 Å². The van der Waals surface area contributed by atoms with Crippen molar-refractivity contribution in [3.63, 3.8) is 0 Å². The van der Waals surface area contributed by atoms with Gasteiger partial charge in [-0.2, -0.15) is 10.1 Å². The van der Waals surface area contributed by atoms with Gasteiger partial charge in [-0.3, -0.25) is 0 Å². The maximum Gasteiger partial charge on any atom is 0.244 e. The summed E-state index contributed by atoms with van der Waals surface area (Å²) >= 11 is 5.63. The Morgan fingerprint density at radius 3 is 2.71 bits per heavy atom. The Bertz CT molecular complexity index is 480. The molecule has 1 heterocycles. The molecular formula is C11H11ClN4O. The second-order valence-electron chi connectivity index (χ2n) is 3.40. The molecule has 0 bridgehead atoms. The minimum absolute atomic E-state index is 0.0500. The predicted octanol–water partition coefficient (Wildman–Crippen LogP) is 1.67. The lowest BCUT2D eigenvalue weighted by Crippen LogP contribution is -2.15. The molecule has 0 aliphatic rings. The number of hydrogen-bond acceptors (Lipinski definition) is 5. The monoisotopic (exact) mass is 250 g/mol. The van der Waals surface area contributed by atoms with Crippen molar-refractivity contribution in [3.05, 3.63) is 47.4 Å². The van der Waals surface area contributed by atoms with Gasteiger partial charge in [-0.25, -0.2) is 0 Å². The Kier molecular flexibility index (Phi) is 3.85. The molecule has 2 rings (SSSR count). The molecule has 0 saturated heterocycles. The van der Waals surface area contributed by atoms with Gasteiger partial charge in [0.2, 0.25) is 5.28 Å². The molecule has 1 aromatic carbocycles. The molecule has 0 saturated carbocycles. The lowest BCUT2D eigenvalue weighted by molar-refractivity contribution is 0.276. The third kappa shape index (κ3) is 3.12. The number of aliphatic hydroxyl groups is 1. The Morgan fingerprint density at radius 1 is 1.29 bits per heavy atom. The molecule has 6 heteroatoms. The van der Waals surface area contributed by atoms with Gasteiger partial charge in [0.25, 0.3) is 0 Å². The van der Waals surface area contributed by atoms with Crippen LogP contribution in [0.3, 0.4) is 0 Å². The third-order valence-corrected chi connectivity index (χ3v) is 2.40. The fraction of sp³-hybridized carbons (Fsp3) is 0.182. The maximum absolute atomic E-state index is 9.35. The van der Waals surface area contributed by atoms with Gasteiger partial charge >= 0.3 is 0 Å². The third-order valence-electron chi connectivity index (χ3n) is 2.24. The SMILES string of the molecule is OCC(Nc1cnnc(Cl)n1)c1ccccc1. The summed E-state index contributed by atoms with van der Waals surface area (Å²) in [7, 11) is 0. The van der Waals surface area contributed by atoms with E-state index in [1.54, 1.807) is 0 Å². The molecule has 17 heavy (non-hydrogen) atoms. The van der Waals surface area contributed by atoms with Gasteiger partial charge < -0.3 is 10.4 Å². The van der Waals surface area contributed by atoms with Crippen LogP contribution in [0.1, 0.15) is 11.6 Å².